The van der Waals surface area contributed by atoms with E-state index in [1.165, 1.54) is 0 Å². The summed E-state index contributed by atoms with van der Waals surface area (Å²) >= 11 is 0. The van der Waals surface area contributed by atoms with E-state index < -0.39 is 5.54 Å². The highest BCUT2D eigenvalue weighted by Gasteiger charge is 2.31. The van der Waals surface area contributed by atoms with Crippen LogP contribution in [0.2, 0.25) is 0 Å². The molecule has 0 spiro atoms. The average Bonchev–Trinajstić information content (AvgIpc) is 2.00. The molecule has 0 aromatic rings. The summed E-state index contributed by atoms with van der Waals surface area (Å²) in [4.78, 5) is 1.76. The highest BCUT2D eigenvalue weighted by atomic mass is 16.5. The molecule has 0 atom stereocenters. The van der Waals surface area contributed by atoms with Crippen molar-refractivity contribution in [3.8, 4) is 0 Å². The third-order valence-corrected chi connectivity index (χ3v) is 1.95. The zero-order chi connectivity index (χ0) is 8.91. The molecule has 0 saturated carbocycles. The molecule has 0 unspecified atom stereocenters. The van der Waals surface area contributed by atoms with Crippen LogP contribution < -0.4 is 0 Å². The van der Waals surface area contributed by atoms with Gasteiger partial charge in [0.05, 0.1) is 25.4 Å². The van der Waals surface area contributed by atoms with Gasteiger partial charge in [-0.2, -0.15) is 0 Å². The molecule has 68 valence electrons. The lowest BCUT2D eigenvalue weighted by Crippen LogP contribution is -2.54. The Kier molecular flexibility index (Phi) is 4.60. The summed E-state index contributed by atoms with van der Waals surface area (Å²) < 4.78 is 4.89. The molecule has 0 saturated heterocycles. The summed E-state index contributed by atoms with van der Waals surface area (Å²) in [7, 11) is 5.14. The van der Waals surface area contributed by atoms with Gasteiger partial charge in [0.15, 0.2) is 0 Å². The number of aliphatic hydroxyl groups is 2. The summed E-state index contributed by atoms with van der Waals surface area (Å²) in [6, 6.07) is 0. The maximum absolute atomic E-state index is 9.00. The van der Waals surface area contributed by atoms with Gasteiger partial charge in [0.25, 0.3) is 0 Å². The van der Waals surface area contributed by atoms with E-state index in [-0.39, 0.29) is 13.2 Å². The van der Waals surface area contributed by atoms with Crippen LogP contribution >= 0.6 is 0 Å². The third-order valence-electron chi connectivity index (χ3n) is 1.95. The molecule has 0 aromatic carbocycles. The van der Waals surface area contributed by atoms with Crippen LogP contribution in [-0.2, 0) is 4.74 Å². The molecule has 4 heteroatoms. The zero-order valence-corrected chi connectivity index (χ0v) is 7.37. The van der Waals surface area contributed by atoms with Crippen LogP contribution in [0.3, 0.4) is 0 Å². The number of ether oxygens (including phenoxy) is 1. The molecule has 0 aliphatic heterocycles. The molecule has 0 heterocycles. The van der Waals surface area contributed by atoms with Gasteiger partial charge in [-0.25, -0.2) is 0 Å². The lowest BCUT2D eigenvalue weighted by molar-refractivity contribution is -0.0356. The van der Waals surface area contributed by atoms with E-state index in [0.29, 0.717) is 6.61 Å². The fourth-order valence-electron chi connectivity index (χ4n) is 0.822. The van der Waals surface area contributed by atoms with Crippen LogP contribution in [0, 0.1) is 0 Å². The maximum Gasteiger partial charge on any atom is 0.0904 e. The average molecular weight is 163 g/mol. The van der Waals surface area contributed by atoms with Crippen LogP contribution in [0.5, 0.6) is 0 Å². The molecular weight excluding hydrogens is 146 g/mol. The lowest BCUT2D eigenvalue weighted by atomic mass is 10.0. The molecular formula is C7H17NO3. The van der Waals surface area contributed by atoms with Gasteiger partial charge in [-0.3, -0.25) is 4.90 Å². The Hall–Kier alpha value is -0.160. The normalized spacial score (nSPS) is 12.5. The van der Waals surface area contributed by atoms with E-state index in [0.717, 1.165) is 0 Å². The first-order chi connectivity index (χ1) is 5.13. The van der Waals surface area contributed by atoms with Crippen molar-refractivity contribution in [1.29, 1.82) is 0 Å². The molecule has 0 bridgehead atoms. The Morgan fingerprint density at radius 1 is 1.27 bits per heavy atom. The monoisotopic (exact) mass is 163 g/mol. The minimum Gasteiger partial charge on any atom is -0.394 e. The number of likely N-dealkylation sites (N-methyl/N-ethyl adjacent to an activating group) is 1. The number of rotatable bonds is 5. The molecule has 0 aromatic heterocycles. The van der Waals surface area contributed by atoms with E-state index in [9.17, 15) is 0 Å². The molecule has 11 heavy (non-hydrogen) atoms. The van der Waals surface area contributed by atoms with Crippen LogP contribution in [0.1, 0.15) is 0 Å². The van der Waals surface area contributed by atoms with Crippen molar-refractivity contribution < 1.29 is 14.9 Å². The minimum atomic E-state index is -0.644. The second-order valence-corrected chi connectivity index (χ2v) is 2.87. The van der Waals surface area contributed by atoms with Gasteiger partial charge in [0.2, 0.25) is 0 Å². The van der Waals surface area contributed by atoms with Gasteiger partial charge in [0, 0.05) is 7.11 Å². The Bertz CT molecular complexity index is 102. The summed E-state index contributed by atoms with van der Waals surface area (Å²) in [5.74, 6) is 0. The molecule has 0 rings (SSSR count). The highest BCUT2D eigenvalue weighted by molar-refractivity contribution is 4.86. The van der Waals surface area contributed by atoms with Crippen molar-refractivity contribution in [2.45, 2.75) is 5.54 Å². The maximum atomic E-state index is 9.00. The van der Waals surface area contributed by atoms with Crippen molar-refractivity contribution in [1.82, 2.24) is 4.90 Å². The van der Waals surface area contributed by atoms with Crippen molar-refractivity contribution in [2.24, 2.45) is 0 Å². The number of methoxy groups -OCH3 is 1. The smallest absolute Gasteiger partial charge is 0.0904 e. The molecule has 4 nitrogen and oxygen atoms in total. The van der Waals surface area contributed by atoms with Crippen molar-refractivity contribution in [3.63, 3.8) is 0 Å². The standard InChI is InChI=1S/C7H17NO3/c1-8(2)7(4-9,5-10)6-11-3/h9-10H,4-6H2,1-3H3. The second kappa shape index (κ2) is 4.66. The highest BCUT2D eigenvalue weighted by Crippen LogP contribution is 2.10. The number of aliphatic hydroxyl groups excluding tert-OH is 2. The first-order valence-electron chi connectivity index (χ1n) is 3.51. The molecule has 0 aliphatic carbocycles. The van der Waals surface area contributed by atoms with Gasteiger partial charge in [-0.05, 0) is 14.1 Å². The van der Waals surface area contributed by atoms with Crippen molar-refractivity contribution in [2.75, 3.05) is 41.0 Å². The first kappa shape index (κ1) is 10.8. The fourth-order valence-corrected chi connectivity index (χ4v) is 0.822. The first-order valence-corrected chi connectivity index (χ1v) is 3.51. The predicted octanol–water partition coefficient (Wildman–Crippen LogP) is -1.08. The van der Waals surface area contributed by atoms with Crippen molar-refractivity contribution >= 4 is 0 Å². The van der Waals surface area contributed by atoms with Crippen molar-refractivity contribution in [3.05, 3.63) is 0 Å². The fraction of sp³-hybridized carbons (Fsp3) is 1.00. The van der Waals surface area contributed by atoms with E-state index >= 15 is 0 Å². The van der Waals surface area contributed by atoms with Crippen LogP contribution in [0.4, 0.5) is 0 Å². The second-order valence-electron chi connectivity index (χ2n) is 2.87. The number of nitrogens with zero attached hydrogens (tertiary/aromatic N) is 1. The number of hydrogen-bond donors (Lipinski definition) is 2. The van der Waals surface area contributed by atoms with E-state index in [2.05, 4.69) is 0 Å². The molecule has 0 radical (unpaired) electrons. The van der Waals surface area contributed by atoms with Gasteiger partial charge in [-0.1, -0.05) is 0 Å². The molecule has 0 fully saturated rings. The quantitative estimate of drug-likeness (QED) is 0.541. The third kappa shape index (κ3) is 2.41. The predicted molar refractivity (Wildman–Crippen MR) is 42.5 cm³/mol. The lowest BCUT2D eigenvalue weighted by Gasteiger charge is -2.35. The zero-order valence-electron chi connectivity index (χ0n) is 7.37. The van der Waals surface area contributed by atoms with Gasteiger partial charge in [-0.15, -0.1) is 0 Å². The summed E-state index contributed by atoms with van der Waals surface area (Å²) in [6.45, 7) is 0.113. The van der Waals surface area contributed by atoms with E-state index in [1.807, 2.05) is 0 Å². The Morgan fingerprint density at radius 3 is 1.82 bits per heavy atom. The van der Waals surface area contributed by atoms with Crippen LogP contribution in [0.15, 0.2) is 0 Å². The number of hydrogen-bond acceptors (Lipinski definition) is 4. The Balaban J connectivity index is 4.20. The van der Waals surface area contributed by atoms with Gasteiger partial charge >= 0.3 is 0 Å². The SMILES string of the molecule is COCC(CO)(CO)N(C)C. The van der Waals surface area contributed by atoms with Gasteiger partial charge in [0.1, 0.15) is 0 Å². The summed E-state index contributed by atoms with van der Waals surface area (Å²) in [5.41, 5.74) is -0.644. The van der Waals surface area contributed by atoms with Crippen LogP contribution in [-0.4, -0.2) is 61.7 Å². The molecule has 0 amide bonds. The Labute approximate surface area is 67.4 Å². The largest absolute Gasteiger partial charge is 0.394 e. The summed E-state index contributed by atoms with van der Waals surface area (Å²) in [5, 5.41) is 18.0. The van der Waals surface area contributed by atoms with E-state index in [4.69, 9.17) is 14.9 Å². The topological polar surface area (TPSA) is 52.9 Å². The molecule has 2 N–H and O–H groups in total. The Morgan fingerprint density at radius 2 is 1.73 bits per heavy atom. The van der Waals surface area contributed by atoms with Crippen LogP contribution in [0.25, 0.3) is 0 Å². The molecule has 0 aliphatic rings. The minimum absolute atomic E-state index is 0.107. The summed E-state index contributed by atoms with van der Waals surface area (Å²) in [6.07, 6.45) is 0. The van der Waals surface area contributed by atoms with E-state index in [1.54, 1.807) is 26.1 Å². The van der Waals surface area contributed by atoms with Gasteiger partial charge < -0.3 is 14.9 Å².